The molecular formula is C11H16N6O3. The standard InChI is InChI=1S/C11H16N6O3/c1-14-9-8(10(18)15(2)11(14)19)17(13-12-9)7-16-3-5-20-6-4-16/h3-7H2,1-2H3. The summed E-state index contributed by atoms with van der Waals surface area (Å²) < 4.78 is 9.23. The molecule has 0 aromatic carbocycles. The van der Waals surface area contributed by atoms with Crippen molar-refractivity contribution in [2.45, 2.75) is 6.67 Å². The predicted molar refractivity (Wildman–Crippen MR) is 70.4 cm³/mol. The lowest BCUT2D eigenvalue weighted by molar-refractivity contribution is 0.0217. The maximum atomic E-state index is 12.2. The average Bonchev–Trinajstić information content (AvgIpc) is 2.88. The first kappa shape index (κ1) is 13.0. The van der Waals surface area contributed by atoms with Gasteiger partial charge in [-0.05, 0) is 0 Å². The van der Waals surface area contributed by atoms with Gasteiger partial charge in [0.25, 0.3) is 5.56 Å². The fourth-order valence-electron chi connectivity index (χ4n) is 2.33. The van der Waals surface area contributed by atoms with Crippen LogP contribution in [0, 0.1) is 0 Å². The number of aromatic nitrogens is 5. The third-order valence-electron chi connectivity index (χ3n) is 3.55. The first-order valence-electron chi connectivity index (χ1n) is 6.39. The molecule has 0 atom stereocenters. The Morgan fingerprint density at radius 1 is 1.15 bits per heavy atom. The summed E-state index contributed by atoms with van der Waals surface area (Å²) >= 11 is 0. The highest BCUT2D eigenvalue weighted by Crippen LogP contribution is 2.05. The van der Waals surface area contributed by atoms with E-state index in [9.17, 15) is 9.59 Å². The van der Waals surface area contributed by atoms with Crippen molar-refractivity contribution < 1.29 is 4.74 Å². The zero-order valence-electron chi connectivity index (χ0n) is 11.4. The third kappa shape index (κ3) is 1.95. The molecule has 0 aliphatic carbocycles. The molecule has 0 unspecified atom stereocenters. The van der Waals surface area contributed by atoms with Gasteiger partial charge in [-0.25, -0.2) is 9.48 Å². The molecule has 108 valence electrons. The second-order valence-electron chi connectivity index (χ2n) is 4.84. The van der Waals surface area contributed by atoms with Crippen molar-refractivity contribution in [3.63, 3.8) is 0 Å². The summed E-state index contributed by atoms with van der Waals surface area (Å²) in [6, 6.07) is 0. The van der Waals surface area contributed by atoms with Gasteiger partial charge in [0, 0.05) is 27.2 Å². The van der Waals surface area contributed by atoms with Crippen molar-refractivity contribution in [1.29, 1.82) is 0 Å². The number of ether oxygens (including phenoxy) is 1. The van der Waals surface area contributed by atoms with Gasteiger partial charge in [-0.3, -0.25) is 18.8 Å². The quantitative estimate of drug-likeness (QED) is 0.640. The second kappa shape index (κ2) is 4.84. The Kier molecular flexibility index (Phi) is 3.14. The van der Waals surface area contributed by atoms with Crippen molar-refractivity contribution >= 4 is 11.2 Å². The van der Waals surface area contributed by atoms with E-state index in [0.29, 0.717) is 31.0 Å². The highest BCUT2D eigenvalue weighted by atomic mass is 16.5. The number of morpholine rings is 1. The van der Waals surface area contributed by atoms with Crippen LogP contribution in [0.4, 0.5) is 0 Å². The number of hydrogen-bond acceptors (Lipinski definition) is 6. The zero-order chi connectivity index (χ0) is 14.3. The summed E-state index contributed by atoms with van der Waals surface area (Å²) in [4.78, 5) is 26.2. The molecule has 0 radical (unpaired) electrons. The van der Waals surface area contributed by atoms with Crippen LogP contribution in [0.25, 0.3) is 11.2 Å². The number of rotatable bonds is 2. The van der Waals surface area contributed by atoms with Gasteiger partial charge in [0.1, 0.15) is 0 Å². The monoisotopic (exact) mass is 280 g/mol. The van der Waals surface area contributed by atoms with E-state index in [0.717, 1.165) is 17.7 Å². The molecule has 0 N–H and O–H groups in total. The van der Waals surface area contributed by atoms with Crippen LogP contribution in [0.15, 0.2) is 9.59 Å². The molecule has 0 saturated carbocycles. The minimum Gasteiger partial charge on any atom is -0.379 e. The Morgan fingerprint density at radius 3 is 2.55 bits per heavy atom. The molecule has 1 saturated heterocycles. The molecule has 3 heterocycles. The summed E-state index contributed by atoms with van der Waals surface area (Å²) in [7, 11) is 3.04. The van der Waals surface area contributed by atoms with Gasteiger partial charge in [-0.1, -0.05) is 5.21 Å². The number of fused-ring (bicyclic) bond motifs is 1. The van der Waals surface area contributed by atoms with E-state index >= 15 is 0 Å². The van der Waals surface area contributed by atoms with Crippen molar-refractivity contribution in [2.24, 2.45) is 14.1 Å². The number of nitrogens with zero attached hydrogens (tertiary/aromatic N) is 6. The SMILES string of the molecule is Cn1c(=O)c2c(nnn2CN2CCOCC2)n(C)c1=O. The molecule has 9 heteroatoms. The molecule has 1 fully saturated rings. The molecule has 1 aliphatic rings. The van der Waals surface area contributed by atoms with Crippen LogP contribution in [0.5, 0.6) is 0 Å². The maximum absolute atomic E-state index is 12.2. The molecule has 0 bridgehead atoms. The molecule has 0 amide bonds. The molecule has 0 spiro atoms. The van der Waals surface area contributed by atoms with Gasteiger partial charge in [-0.15, -0.1) is 5.10 Å². The maximum Gasteiger partial charge on any atom is 0.332 e. The minimum atomic E-state index is -0.402. The first-order chi connectivity index (χ1) is 9.59. The van der Waals surface area contributed by atoms with Crippen LogP contribution >= 0.6 is 0 Å². The molecule has 2 aromatic heterocycles. The van der Waals surface area contributed by atoms with E-state index < -0.39 is 5.69 Å². The van der Waals surface area contributed by atoms with Crippen molar-refractivity contribution in [1.82, 2.24) is 29.0 Å². The predicted octanol–water partition coefficient (Wildman–Crippen LogP) is -1.88. The summed E-state index contributed by atoms with van der Waals surface area (Å²) in [5.74, 6) is 0. The minimum absolute atomic E-state index is 0.311. The fourth-order valence-corrected chi connectivity index (χ4v) is 2.33. The molecular weight excluding hydrogens is 264 g/mol. The van der Waals surface area contributed by atoms with Crippen LogP contribution in [-0.4, -0.2) is 55.3 Å². The van der Waals surface area contributed by atoms with Gasteiger partial charge in [0.15, 0.2) is 11.2 Å². The largest absolute Gasteiger partial charge is 0.379 e. The van der Waals surface area contributed by atoms with Gasteiger partial charge < -0.3 is 4.74 Å². The zero-order valence-corrected chi connectivity index (χ0v) is 11.4. The Labute approximate surface area is 114 Å². The Hall–Kier alpha value is -2.00. The van der Waals surface area contributed by atoms with Crippen LogP contribution in [0.2, 0.25) is 0 Å². The Balaban J connectivity index is 2.09. The summed E-state index contributed by atoms with van der Waals surface area (Å²) in [6.07, 6.45) is 0. The molecule has 3 rings (SSSR count). The average molecular weight is 280 g/mol. The lowest BCUT2D eigenvalue weighted by atomic mass is 10.4. The Morgan fingerprint density at radius 2 is 1.85 bits per heavy atom. The fraction of sp³-hybridized carbons (Fsp3) is 0.636. The van der Waals surface area contributed by atoms with Crippen molar-refractivity contribution in [2.75, 3.05) is 26.3 Å². The smallest absolute Gasteiger partial charge is 0.332 e. The Bertz CT molecular complexity index is 752. The first-order valence-corrected chi connectivity index (χ1v) is 6.39. The lowest BCUT2D eigenvalue weighted by Gasteiger charge is -2.26. The third-order valence-corrected chi connectivity index (χ3v) is 3.55. The second-order valence-corrected chi connectivity index (χ2v) is 4.84. The highest BCUT2D eigenvalue weighted by Gasteiger charge is 2.18. The van der Waals surface area contributed by atoms with E-state index in [4.69, 9.17) is 4.74 Å². The van der Waals surface area contributed by atoms with Crippen molar-refractivity contribution in [3.8, 4) is 0 Å². The summed E-state index contributed by atoms with van der Waals surface area (Å²) in [5.41, 5.74) is -0.116. The van der Waals surface area contributed by atoms with Crippen LogP contribution in [0.1, 0.15) is 0 Å². The highest BCUT2D eigenvalue weighted by molar-refractivity contribution is 5.68. The number of aryl methyl sites for hydroxylation is 1. The van der Waals surface area contributed by atoms with E-state index in [1.54, 1.807) is 11.7 Å². The molecule has 2 aromatic rings. The normalized spacial score (nSPS) is 16.9. The lowest BCUT2D eigenvalue weighted by Crippen LogP contribution is -2.40. The van der Waals surface area contributed by atoms with Crippen LogP contribution < -0.4 is 11.2 Å². The topological polar surface area (TPSA) is 87.2 Å². The van der Waals surface area contributed by atoms with Gasteiger partial charge >= 0.3 is 5.69 Å². The van der Waals surface area contributed by atoms with Gasteiger partial charge in [-0.2, -0.15) is 0 Å². The molecule has 1 aliphatic heterocycles. The van der Waals surface area contributed by atoms with E-state index in [2.05, 4.69) is 15.2 Å². The van der Waals surface area contributed by atoms with E-state index in [1.165, 1.54) is 11.6 Å². The van der Waals surface area contributed by atoms with Crippen molar-refractivity contribution in [3.05, 3.63) is 20.8 Å². The molecule has 9 nitrogen and oxygen atoms in total. The van der Waals surface area contributed by atoms with E-state index in [-0.39, 0.29) is 5.56 Å². The van der Waals surface area contributed by atoms with E-state index in [1.807, 2.05) is 0 Å². The number of hydrogen-bond donors (Lipinski definition) is 0. The molecule has 20 heavy (non-hydrogen) atoms. The summed E-state index contributed by atoms with van der Waals surface area (Å²) in [6.45, 7) is 3.38. The van der Waals surface area contributed by atoms with Gasteiger partial charge in [0.2, 0.25) is 0 Å². The van der Waals surface area contributed by atoms with Crippen LogP contribution in [0.3, 0.4) is 0 Å². The van der Waals surface area contributed by atoms with Gasteiger partial charge in [0.05, 0.1) is 19.9 Å². The summed E-state index contributed by atoms with van der Waals surface area (Å²) in [5, 5.41) is 7.96. The van der Waals surface area contributed by atoms with Crippen LogP contribution in [-0.2, 0) is 25.5 Å².